The quantitative estimate of drug-likeness (QED) is 0.511. The van der Waals surface area contributed by atoms with Gasteiger partial charge in [0.25, 0.3) is 5.92 Å². The summed E-state index contributed by atoms with van der Waals surface area (Å²) in [4.78, 5) is 11.4. The molecule has 0 fully saturated rings. The summed E-state index contributed by atoms with van der Waals surface area (Å²) in [6.07, 6.45) is -1.32. The van der Waals surface area contributed by atoms with Crippen LogP contribution in [-0.4, -0.2) is 36.4 Å². The number of hydroxylamine groups is 2. The summed E-state index contributed by atoms with van der Waals surface area (Å²) in [6.45, 7) is 3.08. The number of benzene rings is 1. The zero-order valence-electron chi connectivity index (χ0n) is 15.5. The van der Waals surface area contributed by atoms with Crippen LogP contribution >= 0.6 is 11.3 Å². The fourth-order valence-electron chi connectivity index (χ4n) is 2.59. The molecule has 1 N–H and O–H groups in total. The SMILES string of the molecule is COCc1c(OC)cc2sc(C(F)(F)CCC(=O)N(O)C(C)C)cc2c1F. The number of hydrogen-bond donors (Lipinski definition) is 1. The highest BCUT2D eigenvalue weighted by Crippen LogP contribution is 2.43. The zero-order chi connectivity index (χ0) is 20.4. The van der Waals surface area contributed by atoms with Crippen molar-refractivity contribution in [2.45, 2.75) is 45.3 Å². The van der Waals surface area contributed by atoms with Gasteiger partial charge in [0.15, 0.2) is 0 Å². The Morgan fingerprint density at radius 1 is 1.33 bits per heavy atom. The molecule has 0 saturated heterocycles. The summed E-state index contributed by atoms with van der Waals surface area (Å²) >= 11 is 0.743. The molecule has 1 heterocycles. The predicted octanol–water partition coefficient (Wildman–Crippen LogP) is 4.69. The topological polar surface area (TPSA) is 59.0 Å². The van der Waals surface area contributed by atoms with E-state index < -0.39 is 36.5 Å². The van der Waals surface area contributed by atoms with Crippen LogP contribution in [0, 0.1) is 5.82 Å². The van der Waals surface area contributed by atoms with Crippen molar-refractivity contribution >= 4 is 27.3 Å². The van der Waals surface area contributed by atoms with Gasteiger partial charge in [-0.2, -0.15) is 0 Å². The van der Waals surface area contributed by atoms with E-state index in [9.17, 15) is 23.2 Å². The highest BCUT2D eigenvalue weighted by atomic mass is 32.1. The molecule has 0 radical (unpaired) electrons. The largest absolute Gasteiger partial charge is 0.496 e. The first-order valence-electron chi connectivity index (χ1n) is 8.29. The number of carbonyl (C=O) groups excluding carboxylic acids is 1. The molecule has 1 amide bonds. The minimum atomic E-state index is -3.34. The van der Waals surface area contributed by atoms with Gasteiger partial charge in [-0.05, 0) is 26.0 Å². The third kappa shape index (κ3) is 4.53. The second-order valence-corrected chi connectivity index (χ2v) is 7.45. The molecule has 1 aromatic carbocycles. The number of amides is 1. The number of alkyl halides is 2. The lowest BCUT2D eigenvalue weighted by Gasteiger charge is -2.20. The summed E-state index contributed by atoms with van der Waals surface area (Å²) in [6, 6.07) is 2.09. The van der Waals surface area contributed by atoms with E-state index >= 15 is 0 Å². The maximum absolute atomic E-state index is 14.7. The van der Waals surface area contributed by atoms with E-state index in [1.54, 1.807) is 13.8 Å². The maximum atomic E-state index is 14.7. The first-order valence-corrected chi connectivity index (χ1v) is 9.11. The van der Waals surface area contributed by atoms with Crippen molar-refractivity contribution < 1.29 is 32.6 Å². The predicted molar refractivity (Wildman–Crippen MR) is 95.9 cm³/mol. The first kappa shape index (κ1) is 21.5. The van der Waals surface area contributed by atoms with Crippen molar-refractivity contribution in [2.24, 2.45) is 0 Å². The maximum Gasteiger partial charge on any atom is 0.282 e. The smallest absolute Gasteiger partial charge is 0.282 e. The van der Waals surface area contributed by atoms with Crippen molar-refractivity contribution in [2.75, 3.05) is 14.2 Å². The van der Waals surface area contributed by atoms with Crippen LogP contribution in [0.2, 0.25) is 0 Å². The monoisotopic (exact) mass is 405 g/mol. The lowest BCUT2D eigenvalue weighted by atomic mass is 10.1. The van der Waals surface area contributed by atoms with Gasteiger partial charge in [-0.3, -0.25) is 10.0 Å². The summed E-state index contributed by atoms with van der Waals surface area (Å²) in [7, 11) is 2.76. The van der Waals surface area contributed by atoms with Crippen molar-refractivity contribution in [1.29, 1.82) is 0 Å². The molecular weight excluding hydrogens is 383 g/mol. The van der Waals surface area contributed by atoms with E-state index in [1.807, 2.05) is 0 Å². The van der Waals surface area contributed by atoms with Crippen LogP contribution in [0.25, 0.3) is 10.1 Å². The molecule has 0 aliphatic carbocycles. The molecule has 5 nitrogen and oxygen atoms in total. The highest BCUT2D eigenvalue weighted by molar-refractivity contribution is 7.19. The van der Waals surface area contributed by atoms with E-state index in [1.165, 1.54) is 20.3 Å². The third-order valence-corrected chi connectivity index (χ3v) is 5.28. The number of hydrogen-bond acceptors (Lipinski definition) is 5. The molecule has 1 aromatic heterocycles. The summed E-state index contributed by atoms with van der Waals surface area (Å²) in [5.74, 6) is -4.57. The van der Waals surface area contributed by atoms with Crippen LogP contribution in [0.5, 0.6) is 5.75 Å². The van der Waals surface area contributed by atoms with Gasteiger partial charge in [0.2, 0.25) is 5.91 Å². The normalized spacial score (nSPS) is 12.0. The standard InChI is InChI=1S/C18H22F3NO4S/c1-10(2)22(24)16(23)5-6-18(20,21)15-7-11-14(27-15)8-13(26-4)12(9-25-3)17(11)19/h7-8,10,24H,5-6,9H2,1-4H3. The second kappa shape index (κ2) is 8.45. The Hall–Kier alpha value is -1.84. The van der Waals surface area contributed by atoms with E-state index in [4.69, 9.17) is 9.47 Å². The molecular formula is C18H22F3NO4S. The Morgan fingerprint density at radius 3 is 2.56 bits per heavy atom. The van der Waals surface area contributed by atoms with Gasteiger partial charge < -0.3 is 9.47 Å². The molecule has 0 aliphatic rings. The highest BCUT2D eigenvalue weighted by Gasteiger charge is 2.35. The number of thiophene rings is 1. The Kier molecular flexibility index (Phi) is 6.72. The molecule has 0 saturated carbocycles. The minimum Gasteiger partial charge on any atom is -0.496 e. The molecule has 150 valence electrons. The van der Waals surface area contributed by atoms with Crippen LogP contribution in [0.4, 0.5) is 13.2 Å². The number of fused-ring (bicyclic) bond motifs is 1. The number of ether oxygens (including phenoxy) is 2. The number of halogens is 3. The van der Waals surface area contributed by atoms with E-state index in [-0.39, 0.29) is 28.2 Å². The van der Waals surface area contributed by atoms with E-state index in [0.717, 1.165) is 17.4 Å². The van der Waals surface area contributed by atoms with Crippen molar-refractivity contribution in [3.8, 4) is 5.75 Å². The minimum absolute atomic E-state index is 0.0530. The molecule has 0 spiro atoms. The molecule has 2 aromatic rings. The first-order chi connectivity index (χ1) is 12.6. The van der Waals surface area contributed by atoms with Crippen LogP contribution < -0.4 is 4.74 Å². The van der Waals surface area contributed by atoms with Gasteiger partial charge in [0.05, 0.1) is 30.2 Å². The number of carbonyl (C=O) groups is 1. The molecule has 0 unspecified atom stereocenters. The van der Waals surface area contributed by atoms with Crippen LogP contribution in [-0.2, 0) is 22.1 Å². The lowest BCUT2D eigenvalue weighted by molar-refractivity contribution is -0.174. The number of nitrogens with zero attached hydrogens (tertiary/aromatic N) is 1. The van der Waals surface area contributed by atoms with Crippen molar-refractivity contribution in [1.82, 2.24) is 5.06 Å². The lowest BCUT2D eigenvalue weighted by Crippen LogP contribution is -2.34. The Morgan fingerprint density at radius 2 is 2.00 bits per heavy atom. The summed E-state index contributed by atoms with van der Waals surface area (Å²) < 4.78 is 54.2. The molecule has 0 bridgehead atoms. The van der Waals surface area contributed by atoms with Gasteiger partial charge in [0, 0.05) is 30.0 Å². The molecule has 9 heteroatoms. The van der Waals surface area contributed by atoms with Gasteiger partial charge in [-0.1, -0.05) is 0 Å². The molecule has 27 heavy (non-hydrogen) atoms. The fraction of sp³-hybridized carbons (Fsp3) is 0.500. The van der Waals surface area contributed by atoms with Crippen molar-refractivity contribution in [3.05, 3.63) is 28.4 Å². The average molecular weight is 405 g/mol. The van der Waals surface area contributed by atoms with Gasteiger partial charge in [-0.15, -0.1) is 11.3 Å². The molecule has 0 atom stereocenters. The Balaban J connectivity index is 2.32. The van der Waals surface area contributed by atoms with Crippen LogP contribution in [0.15, 0.2) is 12.1 Å². The van der Waals surface area contributed by atoms with E-state index in [2.05, 4.69) is 0 Å². The Bertz CT molecular complexity index is 823. The third-order valence-electron chi connectivity index (χ3n) is 4.09. The Labute approximate surface area is 159 Å². The average Bonchev–Trinajstić information content (AvgIpc) is 3.06. The fourth-order valence-corrected chi connectivity index (χ4v) is 3.68. The van der Waals surface area contributed by atoms with Gasteiger partial charge in [-0.25, -0.2) is 18.2 Å². The van der Waals surface area contributed by atoms with Gasteiger partial charge in [0.1, 0.15) is 11.6 Å². The molecule has 2 rings (SSSR count). The number of rotatable bonds is 8. The van der Waals surface area contributed by atoms with E-state index in [0.29, 0.717) is 9.76 Å². The number of methoxy groups -OCH3 is 2. The summed E-state index contributed by atoms with van der Waals surface area (Å²) in [5, 5.41) is 10.0. The van der Waals surface area contributed by atoms with Crippen LogP contribution in [0.3, 0.4) is 0 Å². The zero-order valence-corrected chi connectivity index (χ0v) is 16.3. The second-order valence-electron chi connectivity index (χ2n) is 6.36. The summed E-state index contributed by atoms with van der Waals surface area (Å²) in [5.41, 5.74) is 0.156. The molecule has 0 aliphatic heterocycles. The van der Waals surface area contributed by atoms with Crippen molar-refractivity contribution in [3.63, 3.8) is 0 Å². The van der Waals surface area contributed by atoms with Crippen LogP contribution in [0.1, 0.15) is 37.1 Å². The van der Waals surface area contributed by atoms with Gasteiger partial charge >= 0.3 is 0 Å².